The van der Waals surface area contributed by atoms with Crippen molar-refractivity contribution >= 4 is 11.5 Å². The SMILES string of the molecule is O=C(C=C(O[C@@H]1O[C@H](CO)[C@H](O)[C@H](O)[C@H]1O)c1ccccc1)c1ccccc1. The molecule has 1 fully saturated rings. The first-order valence-electron chi connectivity index (χ1n) is 8.85. The molecular weight excluding hydrogens is 364 g/mol. The Labute approximate surface area is 162 Å². The van der Waals surface area contributed by atoms with Gasteiger partial charge in [0.25, 0.3) is 0 Å². The van der Waals surface area contributed by atoms with E-state index in [0.717, 1.165) is 0 Å². The van der Waals surface area contributed by atoms with Crippen molar-refractivity contribution in [3.8, 4) is 0 Å². The molecule has 0 aromatic heterocycles. The summed E-state index contributed by atoms with van der Waals surface area (Å²) < 4.78 is 11.1. The number of benzene rings is 2. The van der Waals surface area contributed by atoms with Crippen molar-refractivity contribution in [2.24, 2.45) is 0 Å². The van der Waals surface area contributed by atoms with E-state index in [1.807, 2.05) is 0 Å². The number of carbonyl (C=O) groups is 1. The zero-order valence-corrected chi connectivity index (χ0v) is 15.0. The van der Waals surface area contributed by atoms with E-state index in [4.69, 9.17) is 9.47 Å². The summed E-state index contributed by atoms with van der Waals surface area (Å²) >= 11 is 0. The molecule has 0 aliphatic carbocycles. The van der Waals surface area contributed by atoms with E-state index < -0.39 is 37.3 Å². The molecule has 1 saturated heterocycles. The molecule has 7 nitrogen and oxygen atoms in total. The first-order chi connectivity index (χ1) is 13.5. The van der Waals surface area contributed by atoms with E-state index in [1.54, 1.807) is 60.7 Å². The van der Waals surface area contributed by atoms with Crippen molar-refractivity contribution in [1.29, 1.82) is 0 Å². The summed E-state index contributed by atoms with van der Waals surface area (Å²) in [5, 5.41) is 39.4. The summed E-state index contributed by atoms with van der Waals surface area (Å²) in [5.41, 5.74) is 1.01. The highest BCUT2D eigenvalue weighted by molar-refractivity contribution is 6.07. The van der Waals surface area contributed by atoms with Crippen LogP contribution in [0.5, 0.6) is 0 Å². The number of allylic oxidation sites excluding steroid dienone is 1. The molecule has 0 saturated carbocycles. The van der Waals surface area contributed by atoms with Crippen molar-refractivity contribution in [3.63, 3.8) is 0 Å². The van der Waals surface area contributed by atoms with Crippen molar-refractivity contribution in [3.05, 3.63) is 77.9 Å². The van der Waals surface area contributed by atoms with Gasteiger partial charge in [-0.05, 0) is 0 Å². The zero-order valence-electron chi connectivity index (χ0n) is 15.0. The summed E-state index contributed by atoms with van der Waals surface area (Å²) in [5.74, 6) is -0.192. The minimum absolute atomic E-state index is 0.124. The molecule has 148 valence electrons. The van der Waals surface area contributed by atoms with Crippen LogP contribution >= 0.6 is 0 Å². The maximum atomic E-state index is 12.6. The molecule has 7 heteroatoms. The first-order valence-corrected chi connectivity index (χ1v) is 8.85. The lowest BCUT2D eigenvalue weighted by atomic mass is 9.99. The molecule has 1 heterocycles. The van der Waals surface area contributed by atoms with Crippen LogP contribution in [0.3, 0.4) is 0 Å². The third-order valence-corrected chi connectivity index (χ3v) is 4.47. The van der Waals surface area contributed by atoms with Crippen LogP contribution in [0.1, 0.15) is 15.9 Å². The number of hydrogen-bond donors (Lipinski definition) is 4. The Kier molecular flexibility index (Phi) is 6.56. The van der Waals surface area contributed by atoms with Crippen LogP contribution in [0.2, 0.25) is 0 Å². The first kappa shape index (κ1) is 20.2. The van der Waals surface area contributed by atoms with Crippen molar-refractivity contribution in [1.82, 2.24) is 0 Å². The summed E-state index contributed by atoms with van der Waals surface area (Å²) in [6.45, 7) is -0.571. The largest absolute Gasteiger partial charge is 0.461 e. The number of aliphatic hydroxyl groups is 4. The average molecular weight is 386 g/mol. The second-order valence-electron chi connectivity index (χ2n) is 6.42. The lowest BCUT2D eigenvalue weighted by molar-refractivity contribution is -0.284. The number of rotatable bonds is 6. The Morgan fingerprint density at radius 2 is 1.46 bits per heavy atom. The molecule has 28 heavy (non-hydrogen) atoms. The fourth-order valence-electron chi connectivity index (χ4n) is 2.88. The molecule has 2 aromatic carbocycles. The number of carbonyl (C=O) groups excluding carboxylic acids is 1. The zero-order chi connectivity index (χ0) is 20.1. The Bertz CT molecular complexity index is 804. The van der Waals surface area contributed by atoms with Gasteiger partial charge in [-0.15, -0.1) is 0 Å². The van der Waals surface area contributed by atoms with E-state index in [1.165, 1.54) is 6.08 Å². The molecule has 2 aromatic rings. The van der Waals surface area contributed by atoms with E-state index in [-0.39, 0.29) is 11.5 Å². The van der Waals surface area contributed by atoms with Crippen molar-refractivity contribution < 1.29 is 34.7 Å². The summed E-state index contributed by atoms with van der Waals surface area (Å²) in [7, 11) is 0. The minimum atomic E-state index is -1.57. The van der Waals surface area contributed by atoms with Gasteiger partial charge < -0.3 is 29.9 Å². The Hall–Kier alpha value is -2.55. The number of hydrogen-bond acceptors (Lipinski definition) is 7. The third-order valence-electron chi connectivity index (χ3n) is 4.47. The lowest BCUT2D eigenvalue weighted by Gasteiger charge is -2.39. The topological polar surface area (TPSA) is 116 Å². The predicted octanol–water partition coefficient (Wildman–Crippen LogP) is 0.727. The fraction of sp³-hybridized carbons (Fsp3) is 0.286. The minimum Gasteiger partial charge on any atom is -0.461 e. The quantitative estimate of drug-likeness (QED) is 0.328. The predicted molar refractivity (Wildman–Crippen MR) is 100 cm³/mol. The molecule has 1 aliphatic heterocycles. The second kappa shape index (κ2) is 9.09. The van der Waals surface area contributed by atoms with Gasteiger partial charge in [0.1, 0.15) is 30.2 Å². The maximum absolute atomic E-state index is 12.6. The lowest BCUT2D eigenvalue weighted by Crippen LogP contribution is -2.59. The van der Waals surface area contributed by atoms with Crippen LogP contribution in [0.25, 0.3) is 5.76 Å². The van der Waals surface area contributed by atoms with E-state index in [2.05, 4.69) is 0 Å². The standard InChI is InChI=1S/C21H22O7/c22-12-17-18(24)19(25)20(26)21(28-17)27-16(14-9-5-2-6-10-14)11-15(23)13-7-3-1-4-8-13/h1-11,17-22,24-26H,12H2/t17-,18+,19+,20-,21-/m1/s1. The smallest absolute Gasteiger partial charge is 0.229 e. The highest BCUT2D eigenvalue weighted by atomic mass is 16.7. The Morgan fingerprint density at radius 3 is 2.04 bits per heavy atom. The van der Waals surface area contributed by atoms with Gasteiger partial charge in [-0.3, -0.25) is 4.79 Å². The second-order valence-corrected chi connectivity index (χ2v) is 6.42. The molecule has 0 bridgehead atoms. The van der Waals surface area contributed by atoms with Crippen LogP contribution in [0.4, 0.5) is 0 Å². The highest BCUT2D eigenvalue weighted by Crippen LogP contribution is 2.27. The Balaban J connectivity index is 1.90. The maximum Gasteiger partial charge on any atom is 0.229 e. The van der Waals surface area contributed by atoms with Crippen LogP contribution < -0.4 is 0 Å². The average Bonchev–Trinajstić information content (AvgIpc) is 2.74. The van der Waals surface area contributed by atoms with Gasteiger partial charge in [0.2, 0.25) is 6.29 Å². The van der Waals surface area contributed by atoms with Gasteiger partial charge in [0.15, 0.2) is 5.78 Å². The summed E-state index contributed by atoms with van der Waals surface area (Å²) in [6, 6.07) is 17.3. The third kappa shape index (κ3) is 4.46. The van der Waals surface area contributed by atoms with E-state index in [9.17, 15) is 25.2 Å². The normalized spacial score (nSPS) is 28.0. The van der Waals surface area contributed by atoms with Crippen LogP contribution in [-0.4, -0.2) is 63.5 Å². The molecule has 5 atom stereocenters. The van der Waals surface area contributed by atoms with Crippen LogP contribution in [0, 0.1) is 0 Å². The van der Waals surface area contributed by atoms with Gasteiger partial charge >= 0.3 is 0 Å². The van der Waals surface area contributed by atoms with Crippen LogP contribution in [0.15, 0.2) is 66.7 Å². The van der Waals surface area contributed by atoms with Gasteiger partial charge in [-0.1, -0.05) is 60.7 Å². The Morgan fingerprint density at radius 1 is 0.893 bits per heavy atom. The molecule has 3 rings (SSSR count). The molecule has 0 spiro atoms. The summed E-state index contributed by atoms with van der Waals surface area (Å²) in [4.78, 5) is 12.6. The van der Waals surface area contributed by atoms with Crippen molar-refractivity contribution in [2.45, 2.75) is 30.7 Å². The highest BCUT2D eigenvalue weighted by Gasteiger charge is 2.45. The van der Waals surface area contributed by atoms with Crippen molar-refractivity contribution in [2.75, 3.05) is 6.61 Å². The number of ketones is 1. The molecule has 4 N–H and O–H groups in total. The molecule has 0 unspecified atom stereocenters. The monoisotopic (exact) mass is 386 g/mol. The van der Waals surface area contributed by atoms with E-state index >= 15 is 0 Å². The van der Waals surface area contributed by atoms with Crippen LogP contribution in [-0.2, 0) is 9.47 Å². The van der Waals surface area contributed by atoms with E-state index in [0.29, 0.717) is 11.1 Å². The van der Waals surface area contributed by atoms with Gasteiger partial charge in [0, 0.05) is 17.2 Å². The van der Waals surface area contributed by atoms with Gasteiger partial charge in [0.05, 0.1) is 6.61 Å². The molecule has 0 radical (unpaired) electrons. The number of aliphatic hydroxyl groups excluding tert-OH is 4. The van der Waals surface area contributed by atoms with Gasteiger partial charge in [-0.25, -0.2) is 0 Å². The number of ether oxygens (including phenoxy) is 2. The molecule has 0 amide bonds. The molecule has 1 aliphatic rings. The summed E-state index contributed by atoms with van der Waals surface area (Å²) in [6.07, 6.45) is -5.85. The fourth-order valence-corrected chi connectivity index (χ4v) is 2.88. The van der Waals surface area contributed by atoms with Gasteiger partial charge in [-0.2, -0.15) is 0 Å². The molecular formula is C21H22O7.